The first-order valence-electron chi connectivity index (χ1n) is 4.53. The van der Waals surface area contributed by atoms with Crippen LogP contribution in [0.3, 0.4) is 0 Å². The van der Waals surface area contributed by atoms with Gasteiger partial charge >= 0.3 is 0 Å². The van der Waals surface area contributed by atoms with Gasteiger partial charge < -0.3 is 4.90 Å². The van der Waals surface area contributed by atoms with Crippen molar-refractivity contribution in [1.29, 1.82) is 5.26 Å². The maximum Gasteiger partial charge on any atom is 0.263 e. The van der Waals surface area contributed by atoms with Gasteiger partial charge in [0.2, 0.25) is 0 Å². The van der Waals surface area contributed by atoms with Crippen LogP contribution in [0.15, 0.2) is 12.2 Å². The highest BCUT2D eigenvalue weighted by molar-refractivity contribution is 5.96. The van der Waals surface area contributed by atoms with Crippen LogP contribution in [0.4, 0.5) is 0 Å². The van der Waals surface area contributed by atoms with Crippen molar-refractivity contribution in [2.75, 3.05) is 13.1 Å². The number of amides is 1. The predicted molar refractivity (Wildman–Crippen MR) is 49.7 cm³/mol. The third-order valence-corrected chi connectivity index (χ3v) is 2.46. The zero-order valence-corrected chi connectivity index (χ0v) is 7.92. The van der Waals surface area contributed by atoms with E-state index in [1.165, 1.54) is 0 Å². The Morgan fingerprint density at radius 3 is 2.54 bits per heavy atom. The standard InChI is InChI=1S/C10H14N2O/c1-8-3-5-12(6-4-8)10(13)9(2)7-11/h8H,2-6H2,1H3. The van der Waals surface area contributed by atoms with E-state index in [2.05, 4.69) is 13.5 Å². The molecule has 0 aromatic rings. The molecule has 3 heteroatoms. The molecule has 1 saturated heterocycles. The molecule has 0 aromatic carbocycles. The number of nitrogens with zero attached hydrogens (tertiary/aromatic N) is 2. The highest BCUT2D eigenvalue weighted by atomic mass is 16.2. The van der Waals surface area contributed by atoms with Crippen molar-refractivity contribution in [1.82, 2.24) is 4.90 Å². The number of piperidine rings is 1. The smallest absolute Gasteiger partial charge is 0.263 e. The van der Waals surface area contributed by atoms with Crippen molar-refractivity contribution in [3.63, 3.8) is 0 Å². The Morgan fingerprint density at radius 2 is 2.08 bits per heavy atom. The molecule has 13 heavy (non-hydrogen) atoms. The van der Waals surface area contributed by atoms with Crippen LogP contribution in [0, 0.1) is 17.2 Å². The lowest BCUT2D eigenvalue weighted by atomic mass is 9.99. The number of carbonyl (C=O) groups is 1. The van der Waals surface area contributed by atoms with Gasteiger partial charge in [-0.3, -0.25) is 4.79 Å². The second-order valence-corrected chi connectivity index (χ2v) is 3.57. The molecular formula is C10H14N2O. The molecule has 0 unspecified atom stereocenters. The van der Waals surface area contributed by atoms with Crippen molar-refractivity contribution < 1.29 is 4.79 Å². The topological polar surface area (TPSA) is 44.1 Å². The van der Waals surface area contributed by atoms with Gasteiger partial charge in [-0.15, -0.1) is 0 Å². The van der Waals surface area contributed by atoms with E-state index in [4.69, 9.17) is 5.26 Å². The molecule has 0 N–H and O–H groups in total. The largest absolute Gasteiger partial charge is 0.338 e. The molecule has 0 atom stereocenters. The summed E-state index contributed by atoms with van der Waals surface area (Å²) in [6.45, 7) is 7.13. The van der Waals surface area contributed by atoms with Gasteiger partial charge in [-0.1, -0.05) is 13.5 Å². The molecule has 0 aromatic heterocycles. The average Bonchev–Trinajstić information content (AvgIpc) is 2.17. The third kappa shape index (κ3) is 2.32. The normalized spacial score (nSPS) is 18.0. The van der Waals surface area contributed by atoms with Gasteiger partial charge in [0, 0.05) is 13.1 Å². The van der Waals surface area contributed by atoms with Crippen LogP contribution in [0.2, 0.25) is 0 Å². The summed E-state index contributed by atoms with van der Waals surface area (Å²) in [5.74, 6) is 0.494. The maximum atomic E-state index is 11.4. The minimum Gasteiger partial charge on any atom is -0.338 e. The lowest BCUT2D eigenvalue weighted by Gasteiger charge is -2.29. The van der Waals surface area contributed by atoms with E-state index in [1.54, 1.807) is 11.0 Å². The Hall–Kier alpha value is -1.30. The van der Waals surface area contributed by atoms with E-state index < -0.39 is 0 Å². The summed E-state index contributed by atoms with van der Waals surface area (Å²) in [5.41, 5.74) is 0.0505. The van der Waals surface area contributed by atoms with Crippen molar-refractivity contribution in [2.24, 2.45) is 5.92 Å². The molecule has 1 aliphatic heterocycles. The molecule has 1 amide bonds. The van der Waals surface area contributed by atoms with Gasteiger partial charge in [0.1, 0.15) is 11.6 Å². The van der Waals surface area contributed by atoms with Crippen LogP contribution >= 0.6 is 0 Å². The van der Waals surface area contributed by atoms with Crippen molar-refractivity contribution in [2.45, 2.75) is 19.8 Å². The first kappa shape index (κ1) is 9.79. The van der Waals surface area contributed by atoms with Gasteiger partial charge in [-0.05, 0) is 18.8 Å². The molecule has 1 rings (SSSR count). The van der Waals surface area contributed by atoms with E-state index in [0.29, 0.717) is 5.92 Å². The minimum atomic E-state index is -0.200. The Labute approximate surface area is 78.6 Å². The summed E-state index contributed by atoms with van der Waals surface area (Å²) in [6.07, 6.45) is 2.06. The SMILES string of the molecule is C=C(C#N)C(=O)N1CCC(C)CC1. The lowest BCUT2D eigenvalue weighted by Crippen LogP contribution is -2.38. The van der Waals surface area contributed by atoms with E-state index in [0.717, 1.165) is 25.9 Å². The Kier molecular flexibility index (Phi) is 3.07. The quantitative estimate of drug-likeness (QED) is 0.449. The van der Waals surface area contributed by atoms with Crippen LogP contribution in [0.25, 0.3) is 0 Å². The number of carbonyl (C=O) groups excluding carboxylic acids is 1. The van der Waals surface area contributed by atoms with Crippen molar-refractivity contribution in [3.8, 4) is 6.07 Å². The van der Waals surface area contributed by atoms with E-state index in [9.17, 15) is 4.79 Å². The van der Waals surface area contributed by atoms with Crippen molar-refractivity contribution in [3.05, 3.63) is 12.2 Å². The van der Waals surface area contributed by atoms with Gasteiger partial charge in [0.15, 0.2) is 0 Å². The molecule has 1 fully saturated rings. The van der Waals surface area contributed by atoms with Crippen LogP contribution in [0.5, 0.6) is 0 Å². The van der Waals surface area contributed by atoms with Gasteiger partial charge in [0.05, 0.1) is 0 Å². The van der Waals surface area contributed by atoms with E-state index in [1.807, 2.05) is 0 Å². The van der Waals surface area contributed by atoms with Crippen LogP contribution in [-0.4, -0.2) is 23.9 Å². The summed E-state index contributed by atoms with van der Waals surface area (Å²) >= 11 is 0. The molecule has 0 saturated carbocycles. The monoisotopic (exact) mass is 178 g/mol. The van der Waals surface area contributed by atoms with Crippen molar-refractivity contribution >= 4 is 5.91 Å². The molecule has 1 aliphatic rings. The van der Waals surface area contributed by atoms with E-state index in [-0.39, 0.29) is 11.5 Å². The molecule has 0 spiro atoms. The molecule has 3 nitrogen and oxygen atoms in total. The molecule has 0 radical (unpaired) electrons. The number of hydrogen-bond donors (Lipinski definition) is 0. The van der Waals surface area contributed by atoms with Crippen LogP contribution in [0.1, 0.15) is 19.8 Å². The number of nitriles is 1. The Balaban J connectivity index is 2.51. The Morgan fingerprint density at radius 1 is 1.54 bits per heavy atom. The fourth-order valence-electron chi connectivity index (χ4n) is 1.45. The summed E-state index contributed by atoms with van der Waals surface area (Å²) < 4.78 is 0. The van der Waals surface area contributed by atoms with Gasteiger partial charge in [-0.2, -0.15) is 5.26 Å². The molecule has 0 bridgehead atoms. The first-order chi connectivity index (χ1) is 6.15. The minimum absolute atomic E-state index is 0.0505. The third-order valence-electron chi connectivity index (χ3n) is 2.46. The number of likely N-dealkylation sites (tertiary alicyclic amines) is 1. The fraction of sp³-hybridized carbons (Fsp3) is 0.600. The lowest BCUT2D eigenvalue weighted by molar-refractivity contribution is -0.127. The Bertz CT molecular complexity index is 257. The molecule has 0 aliphatic carbocycles. The maximum absolute atomic E-state index is 11.4. The van der Waals surface area contributed by atoms with Crippen LogP contribution in [-0.2, 0) is 4.79 Å². The number of hydrogen-bond acceptors (Lipinski definition) is 2. The second-order valence-electron chi connectivity index (χ2n) is 3.57. The zero-order chi connectivity index (χ0) is 9.84. The van der Waals surface area contributed by atoms with Crippen LogP contribution < -0.4 is 0 Å². The zero-order valence-electron chi connectivity index (χ0n) is 7.92. The average molecular weight is 178 g/mol. The van der Waals surface area contributed by atoms with Gasteiger partial charge in [0.25, 0.3) is 5.91 Å². The first-order valence-corrected chi connectivity index (χ1v) is 4.53. The summed E-state index contributed by atoms with van der Waals surface area (Å²) in [4.78, 5) is 13.2. The second kappa shape index (κ2) is 4.08. The molecule has 1 heterocycles. The van der Waals surface area contributed by atoms with E-state index >= 15 is 0 Å². The molecule has 70 valence electrons. The summed E-state index contributed by atoms with van der Waals surface area (Å²) in [7, 11) is 0. The predicted octanol–water partition coefficient (Wildman–Crippen LogP) is 1.32. The number of rotatable bonds is 1. The highest BCUT2D eigenvalue weighted by Crippen LogP contribution is 2.16. The molecular weight excluding hydrogens is 164 g/mol. The summed E-state index contributed by atoms with van der Waals surface area (Å²) in [6, 6.07) is 1.79. The fourth-order valence-corrected chi connectivity index (χ4v) is 1.45. The van der Waals surface area contributed by atoms with Gasteiger partial charge in [-0.25, -0.2) is 0 Å². The summed E-state index contributed by atoms with van der Waals surface area (Å²) in [5, 5.41) is 8.49. The highest BCUT2D eigenvalue weighted by Gasteiger charge is 2.21.